The first-order valence-electron chi connectivity index (χ1n) is 13.4. The van der Waals surface area contributed by atoms with Crippen LogP contribution in [-0.4, -0.2) is 80.8 Å². The molecule has 1 fully saturated rings. The van der Waals surface area contributed by atoms with Crippen LogP contribution in [0.25, 0.3) is 5.57 Å². The molecule has 1 aliphatic heterocycles. The van der Waals surface area contributed by atoms with E-state index < -0.39 is 11.9 Å². The molecule has 3 amide bonds. The van der Waals surface area contributed by atoms with Gasteiger partial charge in [0, 0.05) is 67.9 Å². The number of benzene rings is 2. The molecule has 1 saturated heterocycles. The average Bonchev–Trinajstić information content (AvgIpc) is 3.01. The summed E-state index contributed by atoms with van der Waals surface area (Å²) in [6, 6.07) is 8.19. The van der Waals surface area contributed by atoms with Gasteiger partial charge in [-0.25, -0.2) is 14.8 Å². The fraction of sp³-hybridized carbons (Fsp3) is 0.310. The predicted molar refractivity (Wildman–Crippen MR) is 171 cm³/mol. The number of hydrogen-bond acceptors (Lipinski definition) is 9. The number of halogens is 2. The number of likely N-dealkylation sites (N-methyl/N-ethyl adjacent to an activating group) is 1. The number of hydrogen-bond donors (Lipinski definition) is 3. The van der Waals surface area contributed by atoms with Gasteiger partial charge in [0.05, 0.1) is 19.9 Å². The molecule has 228 valence electrons. The maximum Gasteiger partial charge on any atom is 0.327 e. The van der Waals surface area contributed by atoms with Crippen LogP contribution in [0.5, 0.6) is 11.5 Å². The number of carbonyl (C=O) groups excluding carboxylic acids is 2. The Hall–Kier alpha value is -4.26. The highest BCUT2D eigenvalue weighted by molar-refractivity contribution is 6.42. The minimum atomic E-state index is -0.638. The largest absolute Gasteiger partial charge is 0.495 e. The molecule has 0 radical (unpaired) electrons. The number of piperazine rings is 1. The molecule has 0 saturated carbocycles. The minimum Gasteiger partial charge on any atom is -0.495 e. The van der Waals surface area contributed by atoms with E-state index in [-0.39, 0.29) is 38.6 Å². The molecule has 12 nitrogen and oxygen atoms in total. The van der Waals surface area contributed by atoms with Gasteiger partial charge in [0.1, 0.15) is 39.5 Å². The first kappa shape index (κ1) is 31.7. The zero-order valence-electron chi connectivity index (χ0n) is 24.4. The Kier molecular flexibility index (Phi) is 10.2. The van der Waals surface area contributed by atoms with Crippen molar-refractivity contribution in [2.75, 3.05) is 74.4 Å². The van der Waals surface area contributed by atoms with Crippen molar-refractivity contribution in [2.24, 2.45) is 5.73 Å². The van der Waals surface area contributed by atoms with Crippen molar-refractivity contribution in [3.63, 3.8) is 0 Å². The molecular formula is C29H34Cl2N8O4. The maximum atomic E-state index is 13.2. The lowest BCUT2D eigenvalue weighted by atomic mass is 10.0. The average molecular weight is 630 g/mol. The third kappa shape index (κ3) is 7.04. The Morgan fingerprint density at radius 3 is 2.23 bits per heavy atom. The molecule has 0 spiro atoms. The molecule has 2 aromatic carbocycles. The second-order valence-corrected chi connectivity index (χ2v) is 10.4. The van der Waals surface area contributed by atoms with Gasteiger partial charge in [-0.2, -0.15) is 0 Å². The summed E-state index contributed by atoms with van der Waals surface area (Å²) in [5.74, 6) is 0.482. The highest BCUT2D eigenvalue weighted by atomic mass is 35.5. The van der Waals surface area contributed by atoms with Gasteiger partial charge in [0.2, 0.25) is 5.91 Å². The maximum absolute atomic E-state index is 13.2. The number of primary amides is 1. The summed E-state index contributed by atoms with van der Waals surface area (Å²) in [4.78, 5) is 39.6. The smallest absolute Gasteiger partial charge is 0.327 e. The second kappa shape index (κ2) is 13.8. The zero-order valence-corrected chi connectivity index (χ0v) is 25.9. The molecule has 1 aliphatic rings. The number of rotatable bonds is 10. The minimum absolute atomic E-state index is 0.133. The lowest BCUT2D eigenvalue weighted by Gasteiger charge is -2.35. The molecule has 14 heteroatoms. The van der Waals surface area contributed by atoms with Crippen LogP contribution < -0.4 is 35.6 Å². The van der Waals surface area contributed by atoms with E-state index in [1.807, 2.05) is 18.2 Å². The number of amides is 3. The van der Waals surface area contributed by atoms with Crippen LogP contribution in [-0.2, 0) is 4.79 Å². The van der Waals surface area contributed by atoms with Gasteiger partial charge in [-0.3, -0.25) is 15.0 Å². The quantitative estimate of drug-likeness (QED) is 0.269. The number of urea groups is 1. The molecule has 0 atom stereocenters. The Morgan fingerprint density at radius 2 is 1.65 bits per heavy atom. The van der Waals surface area contributed by atoms with Crippen LogP contribution in [0.2, 0.25) is 10.0 Å². The summed E-state index contributed by atoms with van der Waals surface area (Å²) in [7, 11) is 4.38. The number of methoxy groups -OCH3 is 2. The molecule has 1 aromatic heterocycles. The third-order valence-corrected chi connectivity index (χ3v) is 7.90. The number of ether oxygens (including phenoxy) is 2. The summed E-state index contributed by atoms with van der Waals surface area (Å²) in [6.45, 7) is 10.7. The van der Waals surface area contributed by atoms with Crippen molar-refractivity contribution in [3.8, 4) is 11.5 Å². The molecule has 0 unspecified atom stereocenters. The lowest BCUT2D eigenvalue weighted by molar-refractivity contribution is -0.112. The zero-order chi connectivity index (χ0) is 31.3. The highest BCUT2D eigenvalue weighted by Crippen LogP contribution is 2.45. The summed E-state index contributed by atoms with van der Waals surface area (Å²) in [5, 5.41) is 6.16. The monoisotopic (exact) mass is 628 g/mol. The number of nitrogens with two attached hydrogens (primary N) is 1. The Morgan fingerprint density at radius 1 is 1.02 bits per heavy atom. The van der Waals surface area contributed by atoms with Gasteiger partial charge < -0.3 is 30.3 Å². The van der Waals surface area contributed by atoms with Gasteiger partial charge in [-0.1, -0.05) is 36.7 Å². The Bertz CT molecular complexity index is 1500. The second-order valence-electron chi connectivity index (χ2n) is 9.65. The van der Waals surface area contributed by atoms with Crippen LogP contribution >= 0.6 is 23.2 Å². The lowest BCUT2D eigenvalue weighted by Crippen LogP contribution is -2.46. The molecule has 0 aliphatic carbocycles. The van der Waals surface area contributed by atoms with Gasteiger partial charge >= 0.3 is 6.03 Å². The first-order valence-corrected chi connectivity index (χ1v) is 14.2. The number of carbonyl (C=O) groups is 2. The molecule has 3 aromatic rings. The number of aromatic nitrogens is 2. The van der Waals surface area contributed by atoms with Crippen molar-refractivity contribution in [3.05, 3.63) is 58.8 Å². The number of anilines is 5. The van der Waals surface area contributed by atoms with E-state index in [1.165, 1.54) is 44.6 Å². The van der Waals surface area contributed by atoms with Gasteiger partial charge in [-0.15, -0.1) is 0 Å². The molecule has 0 bridgehead atoms. The van der Waals surface area contributed by atoms with Crippen LogP contribution in [0.1, 0.15) is 12.5 Å². The van der Waals surface area contributed by atoms with Crippen molar-refractivity contribution in [1.82, 2.24) is 14.9 Å². The molecule has 4 N–H and O–H groups in total. The number of nitrogens with zero attached hydrogens (tertiary/aromatic N) is 5. The summed E-state index contributed by atoms with van der Waals surface area (Å²) >= 11 is 12.9. The normalized spacial score (nSPS) is 13.3. The van der Waals surface area contributed by atoms with Crippen LogP contribution in [0.3, 0.4) is 0 Å². The Balaban J connectivity index is 1.56. The van der Waals surface area contributed by atoms with E-state index >= 15 is 0 Å². The summed E-state index contributed by atoms with van der Waals surface area (Å²) in [5.41, 5.74) is 8.03. The summed E-state index contributed by atoms with van der Waals surface area (Å²) in [6.07, 6.45) is 1.29. The molecular weight excluding hydrogens is 595 g/mol. The van der Waals surface area contributed by atoms with Crippen LogP contribution in [0.15, 0.2) is 43.2 Å². The first-order chi connectivity index (χ1) is 20.6. The number of nitrogens with one attached hydrogen (secondary N) is 2. The third-order valence-electron chi connectivity index (χ3n) is 7.17. The fourth-order valence-electron chi connectivity index (χ4n) is 4.64. The Labute approximate surface area is 260 Å². The van der Waals surface area contributed by atoms with Crippen molar-refractivity contribution < 1.29 is 19.1 Å². The van der Waals surface area contributed by atoms with Crippen molar-refractivity contribution in [2.45, 2.75) is 6.92 Å². The van der Waals surface area contributed by atoms with E-state index in [0.29, 0.717) is 17.1 Å². The van der Waals surface area contributed by atoms with Gasteiger partial charge in [-0.05, 0) is 24.7 Å². The molecule has 4 rings (SSSR count). The van der Waals surface area contributed by atoms with E-state index in [2.05, 4.69) is 43.9 Å². The van der Waals surface area contributed by atoms with E-state index in [0.717, 1.165) is 38.4 Å². The van der Waals surface area contributed by atoms with E-state index in [9.17, 15) is 9.59 Å². The SMILES string of the molecule is C=C(C(N)=O)c1cc(N2CCN(CC)CC2)ccc1Nc1cc(NC(=O)N(C)c2c(Cl)c(OC)cc(OC)c2Cl)ncn1. The molecule has 2 heterocycles. The fourth-order valence-corrected chi connectivity index (χ4v) is 5.39. The van der Waals surface area contributed by atoms with E-state index in [4.69, 9.17) is 38.4 Å². The van der Waals surface area contributed by atoms with Crippen LogP contribution in [0, 0.1) is 0 Å². The van der Waals surface area contributed by atoms with Crippen molar-refractivity contribution >= 4 is 69.4 Å². The van der Waals surface area contributed by atoms with Gasteiger partial charge in [0.15, 0.2) is 0 Å². The standard InChI is InChI=1S/C29H34Cl2N8O4/c1-6-38-9-11-39(12-10-38)18-7-8-20(19(13-18)17(2)28(32)40)35-23-15-24(34-16-33-23)36-29(41)37(3)27-25(30)21(42-4)14-22(43-5)26(27)31/h7-8,13-16H,2,6,9-12H2,1,3-5H3,(H2,32,40)(H2,33,34,35,36,41). The van der Waals surface area contributed by atoms with Gasteiger partial charge in [0.25, 0.3) is 0 Å². The van der Waals surface area contributed by atoms with E-state index in [1.54, 1.807) is 0 Å². The van der Waals surface area contributed by atoms with Crippen molar-refractivity contribution in [1.29, 1.82) is 0 Å². The summed E-state index contributed by atoms with van der Waals surface area (Å²) < 4.78 is 10.6. The predicted octanol–water partition coefficient (Wildman–Crippen LogP) is 4.85. The topological polar surface area (TPSA) is 138 Å². The molecule has 43 heavy (non-hydrogen) atoms. The van der Waals surface area contributed by atoms with Crippen LogP contribution in [0.4, 0.5) is 33.5 Å². The highest BCUT2D eigenvalue weighted by Gasteiger charge is 2.24.